The van der Waals surface area contributed by atoms with Crippen molar-refractivity contribution in [3.05, 3.63) is 70.7 Å². The van der Waals surface area contributed by atoms with Gasteiger partial charge < -0.3 is 9.47 Å². The van der Waals surface area contributed by atoms with E-state index in [-0.39, 0.29) is 0 Å². The Labute approximate surface area is 177 Å². The first-order valence-corrected chi connectivity index (χ1v) is 9.95. The predicted molar refractivity (Wildman–Crippen MR) is 115 cm³/mol. The lowest BCUT2D eigenvalue weighted by Crippen LogP contribution is -2.47. The molecule has 0 saturated heterocycles. The van der Waals surface area contributed by atoms with Crippen molar-refractivity contribution in [3.63, 3.8) is 0 Å². The number of carbonyl (C=O) groups is 2. The van der Waals surface area contributed by atoms with Crippen LogP contribution >= 0.6 is 15.9 Å². The van der Waals surface area contributed by atoms with Gasteiger partial charge in [0.25, 0.3) is 11.8 Å². The molecule has 1 atom stereocenters. The molecule has 29 heavy (non-hydrogen) atoms. The van der Waals surface area contributed by atoms with Gasteiger partial charge in [-0.25, -0.2) is 0 Å². The zero-order valence-electron chi connectivity index (χ0n) is 16.1. The minimum Gasteiger partial charge on any atom is -0.493 e. The van der Waals surface area contributed by atoms with Crippen molar-refractivity contribution in [3.8, 4) is 11.5 Å². The van der Waals surface area contributed by atoms with Crippen LogP contribution in [-0.2, 0) is 4.79 Å². The van der Waals surface area contributed by atoms with E-state index < -0.39 is 17.9 Å². The maximum atomic E-state index is 12.3. The Balaban J connectivity index is 1.56. The van der Waals surface area contributed by atoms with Crippen LogP contribution in [0.1, 0.15) is 24.2 Å². The Morgan fingerprint density at radius 2 is 1.76 bits per heavy atom. The lowest BCUT2D eigenvalue weighted by Gasteiger charge is -2.16. The zero-order valence-corrected chi connectivity index (χ0v) is 17.7. The van der Waals surface area contributed by atoms with Gasteiger partial charge in [0, 0.05) is 5.56 Å². The maximum absolute atomic E-state index is 12.3. The van der Waals surface area contributed by atoms with E-state index in [1.165, 1.54) is 0 Å². The van der Waals surface area contributed by atoms with Crippen molar-refractivity contribution < 1.29 is 19.1 Å². The number of hydrogen-bond donors (Lipinski definition) is 2. The van der Waals surface area contributed by atoms with Crippen molar-refractivity contribution in [2.24, 2.45) is 0 Å². The Hall–Kier alpha value is -3.06. The number of nitrogens with one attached hydrogen (secondary N) is 2. The summed E-state index contributed by atoms with van der Waals surface area (Å²) in [5.41, 5.74) is 5.16. The van der Waals surface area contributed by atoms with Gasteiger partial charge in [-0.15, -0.1) is 0 Å². The van der Waals surface area contributed by atoms with E-state index in [4.69, 9.17) is 9.47 Å². The highest BCUT2D eigenvalue weighted by molar-refractivity contribution is 9.10. The van der Waals surface area contributed by atoms with Gasteiger partial charge in [-0.1, -0.05) is 30.3 Å². The monoisotopic (exact) mass is 456 g/mol. The summed E-state index contributed by atoms with van der Waals surface area (Å²) < 4.78 is 11.8. The van der Waals surface area contributed by atoms with E-state index in [0.29, 0.717) is 28.1 Å². The molecule has 0 heterocycles. The second-order valence-corrected chi connectivity index (χ2v) is 7.14. The molecule has 0 aromatic heterocycles. The number of fused-ring (bicyclic) bond motifs is 1. The molecule has 150 valence electrons. The van der Waals surface area contributed by atoms with Crippen molar-refractivity contribution in [1.82, 2.24) is 10.9 Å². The third kappa shape index (κ3) is 5.26. The van der Waals surface area contributed by atoms with E-state index in [1.807, 2.05) is 49.4 Å². The molecule has 0 aliphatic rings. The van der Waals surface area contributed by atoms with Gasteiger partial charge in [-0.05, 0) is 70.9 Å². The molecule has 2 N–H and O–H groups in total. The highest BCUT2D eigenvalue weighted by atomic mass is 79.9. The Morgan fingerprint density at radius 3 is 2.48 bits per heavy atom. The van der Waals surface area contributed by atoms with Crippen LogP contribution in [0.15, 0.2) is 65.1 Å². The Bertz CT molecular complexity index is 1040. The Kier molecular flexibility index (Phi) is 6.72. The van der Waals surface area contributed by atoms with Crippen molar-refractivity contribution in [1.29, 1.82) is 0 Å². The first-order chi connectivity index (χ1) is 14.0. The largest absolute Gasteiger partial charge is 0.493 e. The first kappa shape index (κ1) is 20.7. The molecule has 0 saturated carbocycles. The van der Waals surface area contributed by atoms with Crippen molar-refractivity contribution >= 4 is 38.5 Å². The molecular formula is C22H21BrN2O4. The highest BCUT2D eigenvalue weighted by Gasteiger charge is 2.16. The van der Waals surface area contributed by atoms with E-state index in [0.717, 1.165) is 10.8 Å². The maximum Gasteiger partial charge on any atom is 0.279 e. The first-order valence-electron chi connectivity index (χ1n) is 9.16. The van der Waals surface area contributed by atoms with Crippen LogP contribution in [0.5, 0.6) is 11.5 Å². The standard InChI is InChI=1S/C22H21BrN2O4/c1-3-28-20-11-9-17(13-19(20)23)22(27)25-24-21(26)14(2)29-18-10-8-15-6-4-5-7-16(15)12-18/h4-14H,3H2,1-2H3,(H,24,26)(H,25,27). The van der Waals surface area contributed by atoms with Crippen LogP contribution in [0.25, 0.3) is 10.8 Å². The fourth-order valence-corrected chi connectivity index (χ4v) is 3.20. The zero-order chi connectivity index (χ0) is 20.8. The average Bonchev–Trinajstić information content (AvgIpc) is 2.73. The van der Waals surface area contributed by atoms with E-state index >= 15 is 0 Å². The fraction of sp³-hybridized carbons (Fsp3) is 0.182. The molecule has 6 nitrogen and oxygen atoms in total. The van der Waals surface area contributed by atoms with Gasteiger partial charge >= 0.3 is 0 Å². The number of amides is 2. The predicted octanol–water partition coefficient (Wildman–Crippen LogP) is 4.23. The minimum atomic E-state index is -0.788. The summed E-state index contributed by atoms with van der Waals surface area (Å²) in [6.45, 7) is 4.02. The van der Waals surface area contributed by atoms with Crippen LogP contribution in [0.2, 0.25) is 0 Å². The SMILES string of the molecule is CCOc1ccc(C(=O)NNC(=O)C(C)Oc2ccc3ccccc3c2)cc1Br. The van der Waals surface area contributed by atoms with Gasteiger partial charge in [0.15, 0.2) is 6.10 Å². The second kappa shape index (κ2) is 9.43. The molecule has 3 aromatic carbocycles. The Morgan fingerprint density at radius 1 is 1.00 bits per heavy atom. The number of halogens is 1. The second-order valence-electron chi connectivity index (χ2n) is 6.29. The molecule has 0 spiro atoms. The number of ether oxygens (including phenoxy) is 2. The summed E-state index contributed by atoms with van der Waals surface area (Å²) >= 11 is 3.36. The third-order valence-corrected chi connectivity index (χ3v) is 4.82. The van der Waals surface area contributed by atoms with Crippen molar-refractivity contribution in [2.45, 2.75) is 20.0 Å². The summed E-state index contributed by atoms with van der Waals surface area (Å²) in [5.74, 6) is 0.315. The molecule has 3 rings (SSSR count). The van der Waals surface area contributed by atoms with Crippen molar-refractivity contribution in [2.75, 3.05) is 6.61 Å². The lowest BCUT2D eigenvalue weighted by molar-refractivity contribution is -0.128. The number of hydrogen-bond acceptors (Lipinski definition) is 4. The summed E-state index contributed by atoms with van der Waals surface area (Å²) in [5, 5.41) is 2.11. The number of rotatable bonds is 6. The lowest BCUT2D eigenvalue weighted by atomic mass is 10.1. The van der Waals surface area contributed by atoms with E-state index in [2.05, 4.69) is 26.8 Å². The van der Waals surface area contributed by atoms with Gasteiger partial charge in [-0.2, -0.15) is 0 Å². The smallest absolute Gasteiger partial charge is 0.279 e. The summed E-state index contributed by atoms with van der Waals surface area (Å²) in [6.07, 6.45) is -0.788. The molecule has 0 aliphatic carbocycles. The summed E-state index contributed by atoms with van der Waals surface area (Å²) in [4.78, 5) is 24.5. The van der Waals surface area contributed by atoms with E-state index in [9.17, 15) is 9.59 Å². The van der Waals surface area contributed by atoms with E-state index in [1.54, 1.807) is 25.1 Å². The summed E-state index contributed by atoms with van der Waals surface area (Å²) in [6, 6.07) is 18.4. The molecule has 1 unspecified atom stereocenters. The van der Waals surface area contributed by atoms with Crippen LogP contribution in [0, 0.1) is 0 Å². The molecular weight excluding hydrogens is 436 g/mol. The molecule has 7 heteroatoms. The third-order valence-electron chi connectivity index (χ3n) is 4.20. The van der Waals surface area contributed by atoms with Crippen LogP contribution in [-0.4, -0.2) is 24.5 Å². The van der Waals surface area contributed by atoms with Gasteiger partial charge in [-0.3, -0.25) is 20.4 Å². The topological polar surface area (TPSA) is 76.7 Å². The fourth-order valence-electron chi connectivity index (χ4n) is 2.71. The average molecular weight is 457 g/mol. The molecule has 0 radical (unpaired) electrons. The van der Waals surface area contributed by atoms with Gasteiger partial charge in [0.05, 0.1) is 11.1 Å². The van der Waals surface area contributed by atoms with Gasteiger partial charge in [0.2, 0.25) is 0 Å². The molecule has 2 amide bonds. The molecule has 3 aromatic rings. The van der Waals surface area contributed by atoms with Crippen LogP contribution < -0.4 is 20.3 Å². The minimum absolute atomic E-state index is 0.378. The van der Waals surface area contributed by atoms with Crippen LogP contribution in [0.4, 0.5) is 0 Å². The molecule has 0 aliphatic heterocycles. The normalized spacial score (nSPS) is 11.6. The quantitative estimate of drug-likeness (QED) is 0.544. The number of carbonyl (C=O) groups excluding carboxylic acids is 2. The number of benzene rings is 3. The van der Waals surface area contributed by atoms with Gasteiger partial charge in [0.1, 0.15) is 11.5 Å². The molecule has 0 bridgehead atoms. The van der Waals surface area contributed by atoms with Crippen LogP contribution in [0.3, 0.4) is 0 Å². The summed E-state index contributed by atoms with van der Waals surface area (Å²) in [7, 11) is 0. The molecule has 0 fully saturated rings. The highest BCUT2D eigenvalue weighted by Crippen LogP contribution is 2.26. The number of hydrazine groups is 1.